The molecule has 1 atom stereocenters. The van der Waals surface area contributed by atoms with E-state index in [1.807, 2.05) is 13.8 Å². The van der Waals surface area contributed by atoms with E-state index in [0.29, 0.717) is 11.1 Å². The maximum absolute atomic E-state index is 13.0. The molecule has 0 radical (unpaired) electrons. The van der Waals surface area contributed by atoms with Gasteiger partial charge in [0.2, 0.25) is 0 Å². The van der Waals surface area contributed by atoms with Gasteiger partial charge in [0.05, 0.1) is 22.8 Å². The molecule has 2 rings (SSSR count). The van der Waals surface area contributed by atoms with Gasteiger partial charge in [-0.2, -0.15) is 13.2 Å². The van der Waals surface area contributed by atoms with Gasteiger partial charge in [-0.25, -0.2) is 9.97 Å². The Labute approximate surface area is 209 Å². The van der Waals surface area contributed by atoms with Gasteiger partial charge in [0, 0.05) is 24.6 Å². The summed E-state index contributed by atoms with van der Waals surface area (Å²) in [6, 6.07) is 0.0722. The summed E-state index contributed by atoms with van der Waals surface area (Å²) in [4.78, 5) is 37.1. The first kappa shape index (κ1) is 28.0. The maximum atomic E-state index is 13.0. The zero-order valence-electron chi connectivity index (χ0n) is 19.2. The number of halogens is 4. The summed E-state index contributed by atoms with van der Waals surface area (Å²) >= 11 is 6.52. The predicted molar refractivity (Wildman–Crippen MR) is 131 cm³/mol. The molecule has 0 saturated heterocycles. The van der Waals surface area contributed by atoms with Crippen LogP contribution in [-0.4, -0.2) is 34.0 Å². The van der Waals surface area contributed by atoms with E-state index >= 15 is 0 Å². The normalized spacial score (nSPS) is 13.2. The molecular weight excluding hydrogens is 505 g/mol. The van der Waals surface area contributed by atoms with Gasteiger partial charge in [0.25, 0.3) is 11.8 Å². The summed E-state index contributed by atoms with van der Waals surface area (Å²) in [6.45, 7) is 9.77. The van der Waals surface area contributed by atoms with Crippen molar-refractivity contribution in [3.63, 3.8) is 0 Å². The molecule has 0 spiro atoms. The van der Waals surface area contributed by atoms with E-state index in [4.69, 9.17) is 11.6 Å². The Morgan fingerprint density at radius 1 is 1.31 bits per heavy atom. The van der Waals surface area contributed by atoms with Crippen molar-refractivity contribution in [1.82, 2.24) is 20.6 Å². The summed E-state index contributed by atoms with van der Waals surface area (Å²) in [7, 11) is 0. The second-order valence-electron chi connectivity index (χ2n) is 7.21. The quantitative estimate of drug-likeness (QED) is 0.371. The largest absolute Gasteiger partial charge is 0.418 e. The maximum Gasteiger partial charge on any atom is 0.418 e. The number of carbonyl (C=O) groups excluding carboxylic acids is 2. The van der Waals surface area contributed by atoms with Gasteiger partial charge in [-0.15, -0.1) is 11.3 Å². The van der Waals surface area contributed by atoms with Crippen LogP contribution in [0.4, 0.5) is 19.0 Å². The molecule has 13 heteroatoms. The van der Waals surface area contributed by atoms with Crippen LogP contribution < -0.4 is 16.0 Å². The van der Waals surface area contributed by atoms with Crippen LogP contribution in [0.3, 0.4) is 0 Å². The van der Waals surface area contributed by atoms with E-state index in [1.54, 1.807) is 13.0 Å². The monoisotopic (exact) mass is 528 g/mol. The zero-order chi connectivity index (χ0) is 26.2. The van der Waals surface area contributed by atoms with Crippen molar-refractivity contribution >= 4 is 46.3 Å². The Balaban J connectivity index is 2.10. The van der Waals surface area contributed by atoms with E-state index in [-0.39, 0.29) is 16.4 Å². The molecule has 0 aliphatic heterocycles. The topological polar surface area (TPSA) is 108 Å². The Morgan fingerprint density at radius 2 is 2.03 bits per heavy atom. The second-order valence-corrected chi connectivity index (χ2v) is 8.68. The Bertz CT molecular complexity index is 1150. The van der Waals surface area contributed by atoms with Crippen LogP contribution >= 0.6 is 22.9 Å². The van der Waals surface area contributed by atoms with Crippen LogP contribution in [-0.2, 0) is 11.0 Å². The lowest BCUT2D eigenvalue weighted by molar-refractivity contribution is -0.137. The van der Waals surface area contributed by atoms with Crippen molar-refractivity contribution in [1.29, 1.82) is 0 Å². The van der Waals surface area contributed by atoms with Crippen LogP contribution in [0.5, 0.6) is 0 Å². The fourth-order valence-corrected chi connectivity index (χ4v) is 3.69. The van der Waals surface area contributed by atoms with Crippen molar-refractivity contribution < 1.29 is 22.8 Å². The number of rotatable bonds is 10. The standard InChI is InChI=1S/C22H24ClF3N6O2S/c1-5-7-28-12(3)8-16(27-6-2)19(33)31-13(4)21-30-11-17(35-21)20(34)32-18-9-14(22(24,25)26)15(23)10-29-18/h6,8-11,13,28H,2,5,7H2,1,3-4H3,(H,31,33)(H,29,32,34)/b12-8+,27-16?. The number of aliphatic imine (C=N–C) groups is 1. The number of carbonyl (C=O) groups is 2. The molecule has 2 heterocycles. The number of hydrogen-bond donors (Lipinski definition) is 3. The average Bonchev–Trinajstić information content (AvgIpc) is 3.28. The SMILES string of the molecule is C=CN=C(/C=C(\C)NCCC)C(=O)NC(C)c1ncc(C(=O)Nc2cc(C(F)(F)F)c(Cl)cn2)s1. The number of hydrogen-bond acceptors (Lipinski definition) is 7. The minimum absolute atomic E-state index is 0.117. The third-order valence-corrected chi connectivity index (χ3v) is 5.82. The molecule has 0 aliphatic carbocycles. The molecule has 8 nitrogen and oxygen atoms in total. The average molecular weight is 529 g/mol. The minimum atomic E-state index is -4.70. The number of pyridine rings is 1. The molecule has 0 fully saturated rings. The molecule has 0 aliphatic rings. The van der Waals surface area contributed by atoms with Crippen LogP contribution in [0.2, 0.25) is 5.02 Å². The summed E-state index contributed by atoms with van der Waals surface area (Å²) in [5.74, 6) is -1.49. The third-order valence-electron chi connectivity index (χ3n) is 4.34. The van der Waals surface area contributed by atoms with Crippen LogP contribution in [0.1, 0.15) is 53.5 Å². The van der Waals surface area contributed by atoms with Crippen molar-refractivity contribution in [3.05, 3.63) is 63.5 Å². The first-order valence-corrected chi connectivity index (χ1v) is 11.6. The number of anilines is 1. The number of nitrogens with zero attached hydrogens (tertiary/aromatic N) is 3. The van der Waals surface area contributed by atoms with Gasteiger partial charge < -0.3 is 16.0 Å². The van der Waals surface area contributed by atoms with Gasteiger partial charge in [0.1, 0.15) is 21.4 Å². The molecule has 0 saturated carbocycles. The van der Waals surface area contributed by atoms with Crippen LogP contribution in [0.15, 0.2) is 48.0 Å². The van der Waals surface area contributed by atoms with E-state index < -0.39 is 34.6 Å². The molecule has 188 valence electrons. The number of allylic oxidation sites excluding steroid dienone is 1. The van der Waals surface area contributed by atoms with E-state index in [2.05, 4.69) is 37.5 Å². The van der Waals surface area contributed by atoms with Crippen molar-refractivity contribution in [3.8, 4) is 0 Å². The highest BCUT2D eigenvalue weighted by Gasteiger charge is 2.34. The lowest BCUT2D eigenvalue weighted by Gasteiger charge is -2.12. The molecule has 2 aromatic rings. The number of amides is 2. The second kappa shape index (κ2) is 12.5. The smallest absolute Gasteiger partial charge is 0.389 e. The zero-order valence-corrected chi connectivity index (χ0v) is 20.7. The fourth-order valence-electron chi connectivity index (χ4n) is 2.67. The van der Waals surface area contributed by atoms with E-state index in [1.165, 1.54) is 12.4 Å². The predicted octanol–water partition coefficient (Wildman–Crippen LogP) is 5.13. The first-order chi connectivity index (χ1) is 16.5. The highest BCUT2D eigenvalue weighted by Crippen LogP contribution is 2.35. The third kappa shape index (κ3) is 8.18. The lowest BCUT2D eigenvalue weighted by Crippen LogP contribution is -2.32. The van der Waals surface area contributed by atoms with Crippen molar-refractivity contribution in [2.45, 2.75) is 39.4 Å². The number of nitrogens with one attached hydrogen (secondary N) is 3. The summed E-state index contributed by atoms with van der Waals surface area (Å²) in [6.07, 6.45) is 1.14. The lowest BCUT2D eigenvalue weighted by atomic mass is 10.2. The molecule has 0 bridgehead atoms. The number of alkyl halides is 3. The highest BCUT2D eigenvalue weighted by atomic mass is 35.5. The van der Waals surface area contributed by atoms with Gasteiger partial charge in [-0.05, 0) is 32.4 Å². The fraction of sp³-hybridized carbons (Fsp3) is 0.318. The first-order valence-electron chi connectivity index (χ1n) is 10.4. The van der Waals surface area contributed by atoms with Gasteiger partial charge in [-0.1, -0.05) is 25.1 Å². The Morgan fingerprint density at radius 3 is 2.66 bits per heavy atom. The summed E-state index contributed by atoms with van der Waals surface area (Å²) in [5.41, 5.74) is -0.221. The Kier molecular flexibility index (Phi) is 9.96. The molecular formula is C22H24ClF3N6O2S. The molecule has 0 aromatic carbocycles. The van der Waals surface area contributed by atoms with Gasteiger partial charge in [0.15, 0.2) is 0 Å². The van der Waals surface area contributed by atoms with Crippen molar-refractivity contribution in [2.75, 3.05) is 11.9 Å². The van der Waals surface area contributed by atoms with Gasteiger partial charge in [-0.3, -0.25) is 14.6 Å². The van der Waals surface area contributed by atoms with E-state index in [9.17, 15) is 22.8 Å². The highest BCUT2D eigenvalue weighted by molar-refractivity contribution is 7.13. The van der Waals surface area contributed by atoms with Crippen LogP contribution in [0.25, 0.3) is 0 Å². The van der Waals surface area contributed by atoms with Gasteiger partial charge >= 0.3 is 6.18 Å². The molecule has 2 aromatic heterocycles. The molecule has 3 N–H and O–H groups in total. The number of aromatic nitrogens is 2. The van der Waals surface area contributed by atoms with E-state index in [0.717, 1.165) is 36.2 Å². The van der Waals surface area contributed by atoms with Crippen LogP contribution in [0, 0.1) is 0 Å². The minimum Gasteiger partial charge on any atom is -0.389 e. The molecule has 2 amide bonds. The summed E-state index contributed by atoms with van der Waals surface area (Å²) in [5, 5.41) is 8.02. The molecule has 1 unspecified atom stereocenters. The summed E-state index contributed by atoms with van der Waals surface area (Å²) < 4.78 is 39.1. The molecule has 35 heavy (non-hydrogen) atoms. The van der Waals surface area contributed by atoms with Crippen molar-refractivity contribution in [2.24, 2.45) is 4.99 Å². The Hall–Kier alpha value is -3.25. The number of thiazole rings is 1.